The van der Waals surface area contributed by atoms with E-state index >= 15 is 0 Å². The maximum atomic E-state index is 5.93. The second-order valence-corrected chi connectivity index (χ2v) is 9.35. The van der Waals surface area contributed by atoms with Crippen LogP contribution in [0.1, 0.15) is 16.7 Å². The number of hydrogen-bond donors (Lipinski definition) is 0. The van der Waals surface area contributed by atoms with Gasteiger partial charge in [0.1, 0.15) is 11.5 Å². The fraction of sp³-hybridized carbons (Fsp3) is 0.419. The van der Waals surface area contributed by atoms with E-state index in [2.05, 4.69) is 58.3 Å². The Morgan fingerprint density at radius 3 is 1.97 bits per heavy atom. The van der Waals surface area contributed by atoms with E-state index in [4.69, 9.17) is 23.7 Å². The van der Waals surface area contributed by atoms with E-state index in [1.807, 2.05) is 24.3 Å². The van der Waals surface area contributed by atoms with Gasteiger partial charge in [-0.15, -0.1) is 0 Å². The minimum atomic E-state index is 0.548. The van der Waals surface area contributed by atoms with Crippen LogP contribution in [-0.4, -0.2) is 71.8 Å². The van der Waals surface area contributed by atoms with Crippen molar-refractivity contribution in [2.45, 2.75) is 19.7 Å². The van der Waals surface area contributed by atoms with Gasteiger partial charge in [0.05, 0.1) is 53.9 Å². The van der Waals surface area contributed by atoms with Crippen molar-refractivity contribution >= 4 is 5.69 Å². The number of nitrogens with zero attached hydrogens (tertiary/aromatic N) is 2. The largest absolute Gasteiger partial charge is 0.497 e. The van der Waals surface area contributed by atoms with Gasteiger partial charge in [-0.3, -0.25) is 4.90 Å². The normalized spacial score (nSPS) is 13.8. The van der Waals surface area contributed by atoms with E-state index in [0.717, 1.165) is 75.3 Å². The van der Waals surface area contributed by atoms with Gasteiger partial charge in [-0.05, 0) is 53.1 Å². The molecule has 0 bridgehead atoms. The third-order valence-electron chi connectivity index (χ3n) is 6.59. The number of benzene rings is 3. The maximum Gasteiger partial charge on any atom is 0.119 e. The third-order valence-corrected chi connectivity index (χ3v) is 6.59. The topological polar surface area (TPSA) is 52.6 Å². The fourth-order valence-corrected chi connectivity index (χ4v) is 4.49. The summed E-state index contributed by atoms with van der Waals surface area (Å²) in [5.74, 6) is 1.72. The van der Waals surface area contributed by atoms with Gasteiger partial charge in [-0.25, -0.2) is 0 Å². The van der Waals surface area contributed by atoms with E-state index in [1.54, 1.807) is 14.2 Å². The first-order valence-electron chi connectivity index (χ1n) is 13.3. The molecule has 0 aromatic heterocycles. The Morgan fingerprint density at radius 2 is 1.32 bits per heavy atom. The lowest BCUT2D eigenvalue weighted by Crippen LogP contribution is -2.38. The second-order valence-electron chi connectivity index (χ2n) is 9.35. The molecule has 0 N–H and O–H groups in total. The number of morpholine rings is 1. The van der Waals surface area contributed by atoms with Crippen molar-refractivity contribution in [1.29, 1.82) is 0 Å². The van der Waals surface area contributed by atoms with Crippen LogP contribution in [0.5, 0.6) is 11.5 Å². The quantitative estimate of drug-likeness (QED) is 0.268. The van der Waals surface area contributed by atoms with Crippen LogP contribution < -0.4 is 14.4 Å². The Bertz CT molecular complexity index is 1050. The summed E-state index contributed by atoms with van der Waals surface area (Å²) in [6.07, 6.45) is 0. The van der Waals surface area contributed by atoms with Gasteiger partial charge in [-0.1, -0.05) is 36.4 Å². The van der Waals surface area contributed by atoms with Crippen molar-refractivity contribution < 1.29 is 23.7 Å². The van der Waals surface area contributed by atoms with Crippen LogP contribution in [-0.2, 0) is 33.9 Å². The van der Waals surface area contributed by atoms with Gasteiger partial charge in [-0.2, -0.15) is 0 Å². The molecule has 204 valence electrons. The van der Waals surface area contributed by atoms with Gasteiger partial charge in [0.2, 0.25) is 0 Å². The van der Waals surface area contributed by atoms with Crippen LogP contribution in [0.25, 0.3) is 0 Å². The SMILES string of the molecule is COc1cccc(CN(Cc2cccc(OC)c2)c2cccc(COCCOCCN3CCOCC3)c2)c1. The molecule has 38 heavy (non-hydrogen) atoms. The molecule has 1 aliphatic heterocycles. The monoisotopic (exact) mass is 520 g/mol. The van der Waals surface area contributed by atoms with Crippen molar-refractivity contribution in [2.24, 2.45) is 0 Å². The smallest absolute Gasteiger partial charge is 0.119 e. The molecule has 0 spiro atoms. The van der Waals surface area contributed by atoms with E-state index in [0.29, 0.717) is 19.8 Å². The molecule has 0 aliphatic carbocycles. The predicted octanol–water partition coefficient (Wildman–Crippen LogP) is 4.78. The van der Waals surface area contributed by atoms with E-state index in [-0.39, 0.29) is 0 Å². The van der Waals surface area contributed by atoms with Crippen molar-refractivity contribution in [2.75, 3.05) is 71.8 Å². The van der Waals surface area contributed by atoms with E-state index in [9.17, 15) is 0 Å². The Morgan fingerprint density at radius 1 is 0.711 bits per heavy atom. The molecule has 7 nitrogen and oxygen atoms in total. The summed E-state index contributed by atoms with van der Waals surface area (Å²) < 4.78 is 28.0. The Hall–Kier alpha value is -3.10. The number of ether oxygens (including phenoxy) is 5. The molecule has 1 heterocycles. The first-order chi connectivity index (χ1) is 18.7. The molecular weight excluding hydrogens is 480 g/mol. The third kappa shape index (κ3) is 9.03. The van der Waals surface area contributed by atoms with Crippen molar-refractivity contribution in [3.05, 3.63) is 89.5 Å². The molecule has 0 atom stereocenters. The molecule has 0 unspecified atom stereocenters. The number of rotatable bonds is 15. The molecule has 0 amide bonds. The van der Waals surface area contributed by atoms with Crippen LogP contribution in [0.3, 0.4) is 0 Å². The summed E-state index contributed by atoms with van der Waals surface area (Å²) in [6, 6.07) is 25.0. The summed E-state index contributed by atoms with van der Waals surface area (Å²) in [7, 11) is 3.40. The number of anilines is 1. The van der Waals surface area contributed by atoms with E-state index in [1.165, 1.54) is 11.1 Å². The lowest BCUT2D eigenvalue weighted by molar-refractivity contribution is 0.00585. The van der Waals surface area contributed by atoms with Crippen LogP contribution in [0.2, 0.25) is 0 Å². The summed E-state index contributed by atoms with van der Waals surface area (Å²) in [6.45, 7) is 8.50. The Balaban J connectivity index is 1.34. The van der Waals surface area contributed by atoms with Crippen LogP contribution in [0, 0.1) is 0 Å². The van der Waals surface area contributed by atoms with Gasteiger partial charge in [0.15, 0.2) is 0 Å². The lowest BCUT2D eigenvalue weighted by Gasteiger charge is -2.26. The molecule has 1 aliphatic rings. The Labute approximate surface area is 226 Å². The minimum absolute atomic E-state index is 0.548. The van der Waals surface area contributed by atoms with Gasteiger partial charge in [0, 0.05) is 38.4 Å². The highest BCUT2D eigenvalue weighted by atomic mass is 16.5. The average Bonchev–Trinajstić information content (AvgIpc) is 2.97. The highest BCUT2D eigenvalue weighted by molar-refractivity contribution is 5.50. The standard InChI is InChI=1S/C31H40N2O5/c1-34-30-10-4-6-26(21-30)23-33(24-27-7-5-11-31(22-27)35-2)29-9-3-8-28(20-29)25-38-19-18-37-17-14-32-12-15-36-16-13-32/h3-11,20-22H,12-19,23-25H2,1-2H3. The zero-order chi connectivity index (χ0) is 26.4. The highest BCUT2D eigenvalue weighted by Crippen LogP contribution is 2.25. The summed E-state index contributed by atoms with van der Waals surface area (Å²) >= 11 is 0. The maximum absolute atomic E-state index is 5.93. The van der Waals surface area contributed by atoms with Gasteiger partial charge in [0.25, 0.3) is 0 Å². The van der Waals surface area contributed by atoms with Crippen molar-refractivity contribution in [1.82, 2.24) is 4.90 Å². The molecule has 4 rings (SSSR count). The average molecular weight is 521 g/mol. The Kier molecular flexibility index (Phi) is 11.3. The molecule has 1 fully saturated rings. The molecule has 1 saturated heterocycles. The molecule has 0 saturated carbocycles. The van der Waals surface area contributed by atoms with Crippen LogP contribution in [0.15, 0.2) is 72.8 Å². The number of methoxy groups -OCH3 is 2. The summed E-state index contributed by atoms with van der Waals surface area (Å²) in [4.78, 5) is 4.74. The summed E-state index contributed by atoms with van der Waals surface area (Å²) in [5, 5.41) is 0. The molecular formula is C31H40N2O5. The second kappa shape index (κ2) is 15.3. The number of hydrogen-bond acceptors (Lipinski definition) is 7. The minimum Gasteiger partial charge on any atom is -0.497 e. The van der Waals surface area contributed by atoms with Crippen molar-refractivity contribution in [3.63, 3.8) is 0 Å². The first-order valence-corrected chi connectivity index (χ1v) is 13.3. The fourth-order valence-electron chi connectivity index (χ4n) is 4.49. The van der Waals surface area contributed by atoms with Gasteiger partial charge < -0.3 is 28.6 Å². The van der Waals surface area contributed by atoms with Crippen LogP contribution in [0.4, 0.5) is 5.69 Å². The molecule has 3 aromatic rings. The predicted molar refractivity (Wildman–Crippen MR) is 150 cm³/mol. The highest BCUT2D eigenvalue weighted by Gasteiger charge is 2.12. The molecule has 0 radical (unpaired) electrons. The zero-order valence-corrected chi connectivity index (χ0v) is 22.6. The molecule has 3 aromatic carbocycles. The zero-order valence-electron chi connectivity index (χ0n) is 22.6. The molecule has 7 heteroatoms. The first kappa shape index (κ1) is 27.9. The summed E-state index contributed by atoms with van der Waals surface area (Å²) in [5.41, 5.74) is 4.64. The van der Waals surface area contributed by atoms with Crippen LogP contribution >= 0.6 is 0 Å². The lowest BCUT2D eigenvalue weighted by atomic mass is 10.1. The van der Waals surface area contributed by atoms with Crippen molar-refractivity contribution in [3.8, 4) is 11.5 Å². The van der Waals surface area contributed by atoms with E-state index < -0.39 is 0 Å². The van der Waals surface area contributed by atoms with Gasteiger partial charge >= 0.3 is 0 Å².